The summed E-state index contributed by atoms with van der Waals surface area (Å²) in [5.41, 5.74) is 7.58. The van der Waals surface area contributed by atoms with Crippen molar-refractivity contribution in [3.8, 4) is 0 Å². The summed E-state index contributed by atoms with van der Waals surface area (Å²) in [6.07, 6.45) is 0. The largest absolute Gasteiger partial charge is 0.0905 e. The molecule has 0 saturated heterocycles. The van der Waals surface area contributed by atoms with Gasteiger partial charge in [-0.25, -0.2) is 0 Å². The van der Waals surface area contributed by atoms with Crippen LogP contribution in [0.5, 0.6) is 0 Å². The molecule has 0 saturated carbocycles. The van der Waals surface area contributed by atoms with Crippen molar-refractivity contribution < 1.29 is 0 Å². The summed E-state index contributed by atoms with van der Waals surface area (Å²) in [6, 6.07) is 14.7. The minimum Gasteiger partial charge on any atom is -0.0905 e. The molecule has 0 spiro atoms. The summed E-state index contributed by atoms with van der Waals surface area (Å²) < 4.78 is 0. The Morgan fingerprint density at radius 3 is 2.12 bits per heavy atom. The second-order valence-electron chi connectivity index (χ2n) is 4.52. The van der Waals surface area contributed by atoms with Crippen LogP contribution >= 0.6 is 0 Å². The number of benzene rings is 2. The summed E-state index contributed by atoms with van der Waals surface area (Å²) >= 11 is 0. The zero-order valence-corrected chi connectivity index (χ0v) is 10.7. The molecule has 0 aromatic heterocycles. The summed E-state index contributed by atoms with van der Waals surface area (Å²) in [7, 11) is 0. The van der Waals surface area contributed by atoms with Crippen LogP contribution in [0.1, 0.15) is 27.8 Å². The summed E-state index contributed by atoms with van der Waals surface area (Å²) in [4.78, 5) is 0. The van der Waals surface area contributed by atoms with E-state index < -0.39 is 0 Å². The van der Waals surface area contributed by atoms with Crippen molar-refractivity contribution >= 4 is 5.57 Å². The Morgan fingerprint density at radius 2 is 1.47 bits per heavy atom. The zero-order chi connectivity index (χ0) is 12.4. The lowest BCUT2D eigenvalue weighted by Crippen LogP contribution is -1.94. The number of hydrogen-bond donors (Lipinski definition) is 0. The maximum absolute atomic E-state index is 4.23. The van der Waals surface area contributed by atoms with Gasteiger partial charge in [0.25, 0.3) is 0 Å². The SMILES string of the molecule is C=C(c1ccccc1)c1ccc(C)c(C)c1C. The van der Waals surface area contributed by atoms with Gasteiger partial charge < -0.3 is 0 Å². The standard InChI is InChI=1S/C17H18/c1-12-10-11-17(14(3)13(12)2)15(4)16-8-6-5-7-9-16/h5-11H,4H2,1-3H3. The Bertz CT molecular complexity index is 548. The van der Waals surface area contributed by atoms with E-state index in [1.165, 1.54) is 27.8 Å². The number of hydrogen-bond acceptors (Lipinski definition) is 0. The van der Waals surface area contributed by atoms with Crippen molar-refractivity contribution in [1.82, 2.24) is 0 Å². The number of rotatable bonds is 2. The van der Waals surface area contributed by atoms with Crippen LogP contribution in [0.15, 0.2) is 49.0 Å². The Balaban J connectivity index is 2.49. The van der Waals surface area contributed by atoms with Gasteiger partial charge in [-0.05, 0) is 54.2 Å². The fraction of sp³-hybridized carbons (Fsp3) is 0.176. The molecule has 0 atom stereocenters. The summed E-state index contributed by atoms with van der Waals surface area (Å²) in [5, 5.41) is 0. The van der Waals surface area contributed by atoms with Crippen LogP contribution in [0, 0.1) is 20.8 Å². The number of aryl methyl sites for hydroxylation is 1. The van der Waals surface area contributed by atoms with Crippen LogP contribution in [-0.2, 0) is 0 Å². The molecule has 0 heteroatoms. The van der Waals surface area contributed by atoms with Gasteiger partial charge in [-0.1, -0.05) is 49.0 Å². The Hall–Kier alpha value is -1.82. The maximum atomic E-state index is 4.23. The predicted octanol–water partition coefficient (Wildman–Crippen LogP) is 4.67. The van der Waals surface area contributed by atoms with Crippen molar-refractivity contribution in [3.63, 3.8) is 0 Å². The van der Waals surface area contributed by atoms with Gasteiger partial charge >= 0.3 is 0 Å². The molecule has 0 bridgehead atoms. The van der Waals surface area contributed by atoms with E-state index in [9.17, 15) is 0 Å². The van der Waals surface area contributed by atoms with Crippen LogP contribution in [0.4, 0.5) is 0 Å². The van der Waals surface area contributed by atoms with E-state index in [4.69, 9.17) is 0 Å². The van der Waals surface area contributed by atoms with E-state index in [2.05, 4.69) is 63.7 Å². The molecule has 0 N–H and O–H groups in total. The molecule has 86 valence electrons. The average molecular weight is 222 g/mol. The van der Waals surface area contributed by atoms with Crippen LogP contribution in [0.25, 0.3) is 5.57 Å². The van der Waals surface area contributed by atoms with E-state index in [-0.39, 0.29) is 0 Å². The monoisotopic (exact) mass is 222 g/mol. The minimum atomic E-state index is 1.10. The van der Waals surface area contributed by atoms with Gasteiger partial charge in [-0.15, -0.1) is 0 Å². The van der Waals surface area contributed by atoms with E-state index in [1.54, 1.807) is 0 Å². The Kier molecular flexibility index (Phi) is 3.14. The van der Waals surface area contributed by atoms with E-state index in [0.29, 0.717) is 0 Å². The first-order valence-electron chi connectivity index (χ1n) is 5.92. The average Bonchev–Trinajstić information content (AvgIpc) is 2.36. The third-order valence-electron chi connectivity index (χ3n) is 3.51. The fourth-order valence-corrected chi connectivity index (χ4v) is 2.08. The molecule has 2 rings (SSSR count). The topological polar surface area (TPSA) is 0 Å². The van der Waals surface area contributed by atoms with Gasteiger partial charge in [0.05, 0.1) is 0 Å². The smallest absolute Gasteiger partial charge is 0.0152 e. The van der Waals surface area contributed by atoms with Gasteiger partial charge in [0.2, 0.25) is 0 Å². The van der Waals surface area contributed by atoms with Crippen LogP contribution < -0.4 is 0 Å². The molecule has 0 unspecified atom stereocenters. The van der Waals surface area contributed by atoms with Gasteiger partial charge in [-0.3, -0.25) is 0 Å². The molecule has 0 aliphatic rings. The first-order chi connectivity index (χ1) is 8.11. The zero-order valence-electron chi connectivity index (χ0n) is 10.7. The molecule has 0 nitrogen and oxygen atoms in total. The molecular weight excluding hydrogens is 204 g/mol. The summed E-state index contributed by atoms with van der Waals surface area (Å²) in [6.45, 7) is 10.7. The van der Waals surface area contributed by atoms with Crippen molar-refractivity contribution in [2.45, 2.75) is 20.8 Å². The lowest BCUT2D eigenvalue weighted by molar-refractivity contribution is 1.25. The molecule has 0 fully saturated rings. The third kappa shape index (κ3) is 2.16. The molecular formula is C17H18. The molecule has 0 amide bonds. The predicted molar refractivity (Wildman–Crippen MR) is 75.2 cm³/mol. The molecule has 17 heavy (non-hydrogen) atoms. The molecule has 0 aliphatic carbocycles. The highest BCUT2D eigenvalue weighted by Crippen LogP contribution is 2.27. The quantitative estimate of drug-likeness (QED) is 0.692. The highest BCUT2D eigenvalue weighted by molar-refractivity contribution is 5.80. The van der Waals surface area contributed by atoms with E-state index in [0.717, 1.165) is 5.57 Å². The highest BCUT2D eigenvalue weighted by Gasteiger charge is 2.08. The van der Waals surface area contributed by atoms with Gasteiger partial charge in [0.1, 0.15) is 0 Å². The van der Waals surface area contributed by atoms with Crippen molar-refractivity contribution in [3.05, 3.63) is 76.9 Å². The first kappa shape index (κ1) is 11.7. The lowest BCUT2D eigenvalue weighted by atomic mass is 9.91. The second kappa shape index (κ2) is 4.58. The van der Waals surface area contributed by atoms with Crippen LogP contribution in [0.3, 0.4) is 0 Å². The van der Waals surface area contributed by atoms with Gasteiger partial charge in [-0.2, -0.15) is 0 Å². The van der Waals surface area contributed by atoms with E-state index >= 15 is 0 Å². The molecule has 0 radical (unpaired) electrons. The Morgan fingerprint density at radius 1 is 0.824 bits per heavy atom. The maximum Gasteiger partial charge on any atom is -0.0152 e. The summed E-state index contributed by atoms with van der Waals surface area (Å²) in [5.74, 6) is 0. The highest BCUT2D eigenvalue weighted by atomic mass is 14.1. The third-order valence-corrected chi connectivity index (χ3v) is 3.51. The molecule has 2 aromatic carbocycles. The second-order valence-corrected chi connectivity index (χ2v) is 4.52. The van der Waals surface area contributed by atoms with Gasteiger partial charge in [0, 0.05) is 0 Å². The minimum absolute atomic E-state index is 1.10. The molecule has 0 heterocycles. The van der Waals surface area contributed by atoms with Gasteiger partial charge in [0.15, 0.2) is 0 Å². The fourth-order valence-electron chi connectivity index (χ4n) is 2.08. The van der Waals surface area contributed by atoms with Crippen molar-refractivity contribution in [1.29, 1.82) is 0 Å². The van der Waals surface area contributed by atoms with Crippen LogP contribution in [0.2, 0.25) is 0 Å². The van der Waals surface area contributed by atoms with Crippen LogP contribution in [-0.4, -0.2) is 0 Å². The van der Waals surface area contributed by atoms with Crippen molar-refractivity contribution in [2.24, 2.45) is 0 Å². The molecule has 2 aromatic rings. The lowest BCUT2D eigenvalue weighted by Gasteiger charge is -2.13. The Labute approximate surface area is 104 Å². The molecule has 0 aliphatic heterocycles. The van der Waals surface area contributed by atoms with Crippen molar-refractivity contribution in [2.75, 3.05) is 0 Å². The van der Waals surface area contributed by atoms with E-state index in [1.807, 2.05) is 6.07 Å². The normalized spacial score (nSPS) is 10.3. The first-order valence-corrected chi connectivity index (χ1v) is 5.92.